The molecule has 0 nitrogen and oxygen atoms in total. The van der Waals surface area contributed by atoms with Crippen molar-refractivity contribution in [2.75, 3.05) is 0 Å². The Labute approximate surface area is 70.5 Å². The second-order valence-electron chi connectivity index (χ2n) is 2.63. The van der Waals surface area contributed by atoms with Gasteiger partial charge in [0, 0.05) is 0 Å². The summed E-state index contributed by atoms with van der Waals surface area (Å²) >= 11 is 3.04. The third-order valence-corrected chi connectivity index (χ3v) is 2.94. The van der Waals surface area contributed by atoms with Crippen LogP contribution in [0.4, 0.5) is 0 Å². The molecule has 0 aromatic heterocycles. The van der Waals surface area contributed by atoms with Gasteiger partial charge in [-0.2, -0.15) is 0 Å². The van der Waals surface area contributed by atoms with Crippen molar-refractivity contribution in [1.82, 2.24) is 0 Å². The summed E-state index contributed by atoms with van der Waals surface area (Å²) in [7, 11) is 0. The number of hydrogen-bond acceptors (Lipinski definition) is 0. The van der Waals surface area contributed by atoms with Crippen LogP contribution in [-0.2, 0) is 0 Å². The Morgan fingerprint density at radius 1 is 1.00 bits per heavy atom. The van der Waals surface area contributed by atoms with Crippen LogP contribution in [0.15, 0.2) is 12.1 Å². The van der Waals surface area contributed by atoms with E-state index < -0.39 is 0 Å². The number of hydrogen-bond donors (Lipinski definition) is 0. The summed E-state index contributed by atoms with van der Waals surface area (Å²) in [6.45, 7) is 6.45. The molecule has 0 aliphatic rings. The van der Waals surface area contributed by atoms with Crippen molar-refractivity contribution in [3.63, 3.8) is 0 Å². The van der Waals surface area contributed by atoms with Crippen LogP contribution < -0.4 is 4.46 Å². The zero-order chi connectivity index (χ0) is 7.72. The van der Waals surface area contributed by atoms with E-state index in [-0.39, 0.29) is 0 Å². The van der Waals surface area contributed by atoms with E-state index in [2.05, 4.69) is 48.9 Å². The van der Waals surface area contributed by atoms with Gasteiger partial charge in [0.05, 0.1) is 0 Å². The fraction of sp³-hybridized carbons (Fsp3) is 0.333. The predicted molar refractivity (Wildman–Crippen MR) is 46.0 cm³/mol. The van der Waals surface area contributed by atoms with Crippen LogP contribution in [-0.4, -0.2) is 16.0 Å². The second kappa shape index (κ2) is 2.77. The van der Waals surface area contributed by atoms with E-state index >= 15 is 0 Å². The summed E-state index contributed by atoms with van der Waals surface area (Å²) in [5, 5.41) is 0. The quantitative estimate of drug-likeness (QED) is 0.553. The van der Waals surface area contributed by atoms with Gasteiger partial charge in [-0.3, -0.25) is 0 Å². The van der Waals surface area contributed by atoms with Gasteiger partial charge in [0.2, 0.25) is 0 Å². The molecule has 1 radical (unpaired) electrons. The van der Waals surface area contributed by atoms with Crippen LogP contribution in [0.25, 0.3) is 0 Å². The summed E-state index contributed by atoms with van der Waals surface area (Å²) < 4.78 is 1.27. The summed E-state index contributed by atoms with van der Waals surface area (Å²) in [5.41, 5.74) is 4.15. The first kappa shape index (κ1) is 7.84. The molecule has 53 valence electrons. The number of benzene rings is 1. The molecule has 0 aliphatic carbocycles. The van der Waals surface area contributed by atoms with Crippen LogP contribution in [0.5, 0.6) is 0 Å². The molecule has 1 heteroatoms. The number of aryl methyl sites for hydroxylation is 1. The Hall–Kier alpha value is -0.261. The molecule has 1 rings (SSSR count). The monoisotopic (exact) mass is 199 g/mol. The Bertz CT molecular complexity index is 224. The van der Waals surface area contributed by atoms with Gasteiger partial charge in [-0.25, -0.2) is 0 Å². The molecule has 0 heterocycles. The minimum absolute atomic E-state index is 1.27. The molecule has 0 N–H and O–H groups in total. The Morgan fingerprint density at radius 2 is 1.60 bits per heavy atom. The molecule has 0 fully saturated rings. The van der Waals surface area contributed by atoms with Crippen LogP contribution in [0, 0.1) is 20.8 Å². The van der Waals surface area contributed by atoms with E-state index in [1.165, 1.54) is 21.2 Å². The molecule has 1 aromatic carbocycles. The number of rotatable bonds is 0. The third kappa shape index (κ3) is 1.25. The molecule has 0 atom stereocenters. The molecule has 1 aromatic rings. The van der Waals surface area contributed by atoms with E-state index in [9.17, 15) is 0 Å². The SMILES string of the molecule is Cc1ccc([Se])c(C)c1C. The summed E-state index contributed by atoms with van der Waals surface area (Å²) in [6, 6.07) is 4.27. The average Bonchev–Trinajstić information content (AvgIpc) is 1.93. The topological polar surface area (TPSA) is 0 Å². The van der Waals surface area contributed by atoms with E-state index in [1.54, 1.807) is 0 Å². The van der Waals surface area contributed by atoms with Crippen molar-refractivity contribution in [3.05, 3.63) is 28.8 Å². The molecular formula is C9H11Se. The van der Waals surface area contributed by atoms with E-state index in [0.29, 0.717) is 0 Å². The van der Waals surface area contributed by atoms with Crippen LogP contribution in [0.1, 0.15) is 16.7 Å². The first-order valence-electron chi connectivity index (χ1n) is 3.36. The van der Waals surface area contributed by atoms with Crippen molar-refractivity contribution in [3.8, 4) is 0 Å². The standard InChI is InChI=1S/C9H11Se/c1-6-4-5-9(10)8(3)7(6)2/h4-5H,1-3H3. The molecule has 0 saturated heterocycles. The fourth-order valence-electron chi connectivity index (χ4n) is 0.931. The van der Waals surface area contributed by atoms with Gasteiger partial charge >= 0.3 is 70.1 Å². The van der Waals surface area contributed by atoms with E-state index in [0.717, 1.165) is 0 Å². The molecule has 0 bridgehead atoms. The van der Waals surface area contributed by atoms with E-state index in [1.807, 2.05) is 0 Å². The summed E-state index contributed by atoms with van der Waals surface area (Å²) in [5.74, 6) is 0. The van der Waals surface area contributed by atoms with Crippen molar-refractivity contribution < 1.29 is 0 Å². The van der Waals surface area contributed by atoms with Crippen LogP contribution >= 0.6 is 0 Å². The summed E-state index contributed by atoms with van der Waals surface area (Å²) in [6.07, 6.45) is 0. The van der Waals surface area contributed by atoms with Gasteiger partial charge in [-0.05, 0) is 0 Å². The van der Waals surface area contributed by atoms with Crippen molar-refractivity contribution >= 4 is 20.5 Å². The zero-order valence-electron chi connectivity index (χ0n) is 6.56. The van der Waals surface area contributed by atoms with Crippen molar-refractivity contribution in [1.29, 1.82) is 0 Å². The predicted octanol–water partition coefficient (Wildman–Crippen LogP) is 1.41. The van der Waals surface area contributed by atoms with Gasteiger partial charge in [-0.15, -0.1) is 0 Å². The normalized spacial score (nSPS) is 9.90. The summed E-state index contributed by atoms with van der Waals surface area (Å²) in [4.78, 5) is 0. The van der Waals surface area contributed by atoms with Crippen LogP contribution in [0.2, 0.25) is 0 Å². The maximum absolute atomic E-state index is 3.04. The zero-order valence-corrected chi connectivity index (χ0v) is 8.28. The third-order valence-electron chi connectivity index (χ3n) is 2.01. The van der Waals surface area contributed by atoms with Gasteiger partial charge < -0.3 is 0 Å². The van der Waals surface area contributed by atoms with Gasteiger partial charge in [0.25, 0.3) is 0 Å². The Balaban J connectivity index is 3.34. The second-order valence-corrected chi connectivity index (χ2v) is 3.55. The first-order valence-corrected chi connectivity index (χ1v) is 4.22. The van der Waals surface area contributed by atoms with E-state index in [4.69, 9.17) is 0 Å². The first-order chi connectivity index (χ1) is 4.63. The van der Waals surface area contributed by atoms with Crippen molar-refractivity contribution in [2.24, 2.45) is 0 Å². The van der Waals surface area contributed by atoms with Crippen molar-refractivity contribution in [2.45, 2.75) is 20.8 Å². The van der Waals surface area contributed by atoms with Crippen LogP contribution in [0.3, 0.4) is 0 Å². The Kier molecular flexibility index (Phi) is 2.17. The molecule has 10 heavy (non-hydrogen) atoms. The van der Waals surface area contributed by atoms with Gasteiger partial charge in [-0.1, -0.05) is 0 Å². The molecule has 0 amide bonds. The molecular weight excluding hydrogens is 187 g/mol. The molecule has 0 saturated carbocycles. The fourth-order valence-corrected chi connectivity index (χ4v) is 1.40. The minimum atomic E-state index is 1.27. The molecule has 0 spiro atoms. The Morgan fingerprint density at radius 3 is 2.10 bits per heavy atom. The van der Waals surface area contributed by atoms with Gasteiger partial charge in [0.1, 0.15) is 0 Å². The van der Waals surface area contributed by atoms with Gasteiger partial charge in [0.15, 0.2) is 0 Å². The average molecular weight is 198 g/mol. The molecule has 0 unspecified atom stereocenters. The maximum atomic E-state index is 3.04. The molecule has 0 aliphatic heterocycles.